The lowest BCUT2D eigenvalue weighted by Gasteiger charge is -2.20. The van der Waals surface area contributed by atoms with Crippen LogP contribution in [0.3, 0.4) is 0 Å². The quantitative estimate of drug-likeness (QED) is 0.942. The van der Waals surface area contributed by atoms with Gasteiger partial charge in [0.05, 0.1) is 11.8 Å². The Morgan fingerprint density at radius 3 is 2.67 bits per heavy atom. The zero-order valence-electron chi connectivity index (χ0n) is 12.5. The molecule has 2 heterocycles. The van der Waals surface area contributed by atoms with E-state index in [9.17, 15) is 4.79 Å². The number of hydrogen-bond acceptors (Lipinski definition) is 3. The average molecular weight is 284 g/mol. The minimum Gasteiger partial charge on any atom is -0.371 e. The zero-order valence-corrected chi connectivity index (χ0v) is 12.5. The smallest absolute Gasteiger partial charge is 0.258 e. The molecule has 0 spiro atoms. The number of carbonyl (C=O) groups is 1. The van der Waals surface area contributed by atoms with E-state index in [1.807, 2.05) is 12.1 Å². The van der Waals surface area contributed by atoms with Crippen LogP contribution < -0.4 is 10.2 Å². The molecule has 0 atom stereocenters. The molecule has 1 aromatic carbocycles. The fourth-order valence-corrected chi connectivity index (χ4v) is 2.79. The van der Waals surface area contributed by atoms with Gasteiger partial charge in [-0.1, -0.05) is 0 Å². The van der Waals surface area contributed by atoms with Gasteiger partial charge >= 0.3 is 0 Å². The first-order valence-corrected chi connectivity index (χ1v) is 7.29. The predicted molar refractivity (Wildman–Crippen MR) is 83.8 cm³/mol. The lowest BCUT2D eigenvalue weighted by Crippen LogP contribution is -2.19. The number of anilines is 2. The molecule has 1 aromatic heterocycles. The van der Waals surface area contributed by atoms with E-state index in [0.717, 1.165) is 18.8 Å². The Morgan fingerprint density at radius 1 is 1.29 bits per heavy atom. The van der Waals surface area contributed by atoms with Gasteiger partial charge < -0.3 is 10.2 Å². The van der Waals surface area contributed by atoms with Crippen LogP contribution in [-0.2, 0) is 7.05 Å². The molecule has 0 aliphatic carbocycles. The van der Waals surface area contributed by atoms with E-state index in [4.69, 9.17) is 0 Å². The second-order valence-corrected chi connectivity index (χ2v) is 5.55. The van der Waals surface area contributed by atoms with Gasteiger partial charge in [0, 0.05) is 37.7 Å². The Morgan fingerprint density at radius 2 is 2.05 bits per heavy atom. The molecule has 21 heavy (non-hydrogen) atoms. The summed E-state index contributed by atoms with van der Waals surface area (Å²) in [7, 11) is 1.80. The van der Waals surface area contributed by atoms with Crippen molar-refractivity contribution in [2.45, 2.75) is 19.8 Å². The van der Waals surface area contributed by atoms with E-state index in [0.29, 0.717) is 5.56 Å². The summed E-state index contributed by atoms with van der Waals surface area (Å²) in [6.45, 7) is 4.35. The van der Waals surface area contributed by atoms with Crippen molar-refractivity contribution < 1.29 is 4.79 Å². The number of rotatable bonds is 3. The molecule has 1 aliphatic rings. The highest BCUT2D eigenvalue weighted by molar-refractivity contribution is 6.04. The lowest BCUT2D eigenvalue weighted by molar-refractivity contribution is 0.102. The van der Waals surface area contributed by atoms with Crippen molar-refractivity contribution in [3.8, 4) is 0 Å². The summed E-state index contributed by atoms with van der Waals surface area (Å²) in [5.41, 5.74) is 3.86. The van der Waals surface area contributed by atoms with Crippen molar-refractivity contribution in [2.75, 3.05) is 23.3 Å². The van der Waals surface area contributed by atoms with Crippen molar-refractivity contribution in [3.05, 3.63) is 41.7 Å². The molecule has 0 radical (unpaired) electrons. The number of aromatic nitrogens is 2. The minimum absolute atomic E-state index is 0.128. The number of amides is 1. The minimum atomic E-state index is -0.128. The van der Waals surface area contributed by atoms with Crippen molar-refractivity contribution in [3.63, 3.8) is 0 Å². The van der Waals surface area contributed by atoms with Gasteiger partial charge in [-0.15, -0.1) is 0 Å². The van der Waals surface area contributed by atoms with Gasteiger partial charge in [0.15, 0.2) is 0 Å². The number of hydrogen-bond donors (Lipinski definition) is 1. The number of benzene rings is 1. The third-order valence-electron chi connectivity index (χ3n) is 3.87. The van der Waals surface area contributed by atoms with Crippen molar-refractivity contribution in [1.29, 1.82) is 0 Å². The van der Waals surface area contributed by atoms with Crippen molar-refractivity contribution >= 4 is 17.3 Å². The fraction of sp³-hybridized carbons (Fsp3) is 0.375. The van der Waals surface area contributed by atoms with Crippen LogP contribution in [-0.4, -0.2) is 28.8 Å². The first-order valence-electron chi connectivity index (χ1n) is 7.29. The third kappa shape index (κ3) is 2.91. The number of nitrogens with one attached hydrogen (secondary N) is 1. The van der Waals surface area contributed by atoms with Crippen LogP contribution in [0.25, 0.3) is 0 Å². The molecular weight excluding hydrogens is 264 g/mol. The Balaban J connectivity index is 1.74. The first kappa shape index (κ1) is 13.7. The number of carbonyl (C=O) groups excluding carboxylic acids is 1. The molecule has 2 aromatic rings. The van der Waals surface area contributed by atoms with Gasteiger partial charge in [-0.05, 0) is 43.5 Å². The van der Waals surface area contributed by atoms with Gasteiger partial charge in [0.25, 0.3) is 5.91 Å². The van der Waals surface area contributed by atoms with Gasteiger partial charge in [-0.25, -0.2) is 0 Å². The summed E-state index contributed by atoms with van der Waals surface area (Å²) < 4.78 is 1.62. The highest BCUT2D eigenvalue weighted by atomic mass is 16.1. The standard InChI is InChI=1S/C16H20N4O/c1-12-9-14(5-6-15(12)20-7-3-4-8-20)18-16(21)13-10-17-19(2)11-13/h5-6,9-11H,3-4,7-8H2,1-2H3,(H,18,21). The largest absolute Gasteiger partial charge is 0.371 e. The van der Waals surface area contributed by atoms with Crippen LogP contribution >= 0.6 is 0 Å². The summed E-state index contributed by atoms with van der Waals surface area (Å²) in [5.74, 6) is -0.128. The van der Waals surface area contributed by atoms with Gasteiger partial charge in [-0.3, -0.25) is 9.48 Å². The fourth-order valence-electron chi connectivity index (χ4n) is 2.79. The molecular formula is C16H20N4O. The molecule has 1 amide bonds. The zero-order chi connectivity index (χ0) is 14.8. The summed E-state index contributed by atoms with van der Waals surface area (Å²) in [6, 6.07) is 6.09. The van der Waals surface area contributed by atoms with Gasteiger partial charge in [0.1, 0.15) is 0 Å². The first-order chi connectivity index (χ1) is 10.1. The molecule has 0 bridgehead atoms. The van der Waals surface area contributed by atoms with Crippen molar-refractivity contribution in [1.82, 2.24) is 9.78 Å². The van der Waals surface area contributed by atoms with Crippen molar-refractivity contribution in [2.24, 2.45) is 7.05 Å². The van der Waals surface area contributed by atoms with Gasteiger partial charge in [-0.2, -0.15) is 5.10 Å². The highest BCUT2D eigenvalue weighted by Gasteiger charge is 2.15. The van der Waals surface area contributed by atoms with E-state index < -0.39 is 0 Å². The molecule has 1 fully saturated rings. The molecule has 5 heteroatoms. The summed E-state index contributed by atoms with van der Waals surface area (Å²) in [4.78, 5) is 14.5. The van der Waals surface area contributed by atoms with Crippen LogP contribution in [0.1, 0.15) is 28.8 Å². The Bertz CT molecular complexity index is 656. The second-order valence-electron chi connectivity index (χ2n) is 5.55. The van der Waals surface area contributed by atoms with Crippen LogP contribution in [0, 0.1) is 6.92 Å². The normalized spacial score (nSPS) is 14.5. The topological polar surface area (TPSA) is 50.2 Å². The monoisotopic (exact) mass is 284 g/mol. The Hall–Kier alpha value is -2.30. The maximum atomic E-state index is 12.1. The molecule has 1 aliphatic heterocycles. The number of nitrogens with zero attached hydrogens (tertiary/aromatic N) is 3. The van der Waals surface area contributed by atoms with E-state index in [1.165, 1.54) is 24.1 Å². The van der Waals surface area contributed by atoms with Crippen LogP contribution in [0.2, 0.25) is 0 Å². The highest BCUT2D eigenvalue weighted by Crippen LogP contribution is 2.26. The van der Waals surface area contributed by atoms with Crippen LogP contribution in [0.15, 0.2) is 30.6 Å². The SMILES string of the molecule is Cc1cc(NC(=O)c2cnn(C)c2)ccc1N1CCCC1. The maximum absolute atomic E-state index is 12.1. The lowest BCUT2D eigenvalue weighted by atomic mass is 10.1. The molecule has 0 unspecified atom stereocenters. The molecule has 0 saturated carbocycles. The molecule has 1 saturated heterocycles. The van der Waals surface area contributed by atoms with Gasteiger partial charge in [0.2, 0.25) is 0 Å². The third-order valence-corrected chi connectivity index (χ3v) is 3.87. The summed E-state index contributed by atoms with van der Waals surface area (Å²) in [6.07, 6.45) is 5.81. The molecule has 3 rings (SSSR count). The Labute approximate surface area is 124 Å². The summed E-state index contributed by atoms with van der Waals surface area (Å²) >= 11 is 0. The van der Waals surface area contributed by atoms with E-state index in [2.05, 4.69) is 28.3 Å². The van der Waals surface area contributed by atoms with E-state index in [-0.39, 0.29) is 5.91 Å². The molecule has 1 N–H and O–H groups in total. The molecule has 5 nitrogen and oxygen atoms in total. The van der Waals surface area contributed by atoms with E-state index >= 15 is 0 Å². The second kappa shape index (κ2) is 5.60. The van der Waals surface area contributed by atoms with Crippen LogP contribution in [0.5, 0.6) is 0 Å². The molecule has 110 valence electrons. The number of aryl methyl sites for hydroxylation is 2. The Kier molecular flexibility index (Phi) is 3.64. The predicted octanol–water partition coefficient (Wildman–Crippen LogP) is 2.58. The maximum Gasteiger partial charge on any atom is 0.258 e. The van der Waals surface area contributed by atoms with E-state index in [1.54, 1.807) is 24.1 Å². The summed E-state index contributed by atoms with van der Waals surface area (Å²) in [5, 5.41) is 6.93. The van der Waals surface area contributed by atoms with Crippen LogP contribution in [0.4, 0.5) is 11.4 Å². The average Bonchev–Trinajstić information content (AvgIpc) is 3.10.